The van der Waals surface area contributed by atoms with Crippen LogP contribution in [0, 0.1) is 5.82 Å². The first-order valence-electron chi connectivity index (χ1n) is 6.82. The lowest BCUT2D eigenvalue weighted by atomic mass is 10.2. The molecule has 1 N–H and O–H groups in total. The van der Waals surface area contributed by atoms with E-state index in [9.17, 15) is 14.0 Å². The van der Waals surface area contributed by atoms with Crippen LogP contribution in [0.25, 0.3) is 0 Å². The van der Waals surface area contributed by atoms with E-state index >= 15 is 0 Å². The number of thioether (sulfide) groups is 1. The highest BCUT2D eigenvalue weighted by Crippen LogP contribution is 2.34. The van der Waals surface area contributed by atoms with Crippen molar-refractivity contribution in [1.82, 2.24) is 0 Å². The number of fused-ring (bicyclic) bond motifs is 1. The van der Waals surface area contributed by atoms with Crippen molar-refractivity contribution in [2.75, 3.05) is 22.5 Å². The number of nitrogens with zero attached hydrogens (tertiary/aromatic N) is 1. The van der Waals surface area contributed by atoms with Gasteiger partial charge in [0.25, 0.3) is 0 Å². The van der Waals surface area contributed by atoms with Crippen molar-refractivity contribution >= 4 is 46.6 Å². The summed E-state index contributed by atoms with van der Waals surface area (Å²) in [6.07, 6.45) is 0. The quantitative estimate of drug-likeness (QED) is 0.920. The van der Waals surface area contributed by atoms with E-state index in [1.807, 2.05) is 12.1 Å². The van der Waals surface area contributed by atoms with E-state index in [1.165, 1.54) is 28.8 Å². The highest BCUT2D eigenvalue weighted by Gasteiger charge is 2.26. The summed E-state index contributed by atoms with van der Waals surface area (Å²) in [7, 11) is 0. The van der Waals surface area contributed by atoms with Gasteiger partial charge in [-0.1, -0.05) is 29.8 Å². The molecule has 0 unspecified atom stereocenters. The van der Waals surface area contributed by atoms with Gasteiger partial charge in [0, 0.05) is 4.90 Å². The fourth-order valence-corrected chi connectivity index (χ4v) is 3.37. The molecule has 2 aromatic carbocycles. The van der Waals surface area contributed by atoms with E-state index in [1.54, 1.807) is 18.2 Å². The Morgan fingerprint density at radius 3 is 2.87 bits per heavy atom. The van der Waals surface area contributed by atoms with Crippen LogP contribution in [0.3, 0.4) is 0 Å². The largest absolute Gasteiger partial charge is 0.322 e. The molecule has 1 aliphatic rings. The van der Waals surface area contributed by atoms with Gasteiger partial charge in [-0.25, -0.2) is 4.39 Å². The molecule has 0 aliphatic carbocycles. The topological polar surface area (TPSA) is 49.4 Å². The molecular weight excluding hydrogens is 339 g/mol. The van der Waals surface area contributed by atoms with Gasteiger partial charge in [-0.15, -0.1) is 11.8 Å². The third kappa shape index (κ3) is 3.33. The molecule has 0 aromatic heterocycles. The minimum Gasteiger partial charge on any atom is -0.322 e. The average Bonchev–Trinajstić information content (AvgIpc) is 2.54. The number of nitrogens with one attached hydrogen (secondary N) is 1. The molecule has 2 amide bonds. The first kappa shape index (κ1) is 15.8. The van der Waals surface area contributed by atoms with Crippen molar-refractivity contribution in [3.05, 3.63) is 53.3 Å². The Morgan fingerprint density at radius 2 is 2.04 bits per heavy atom. The van der Waals surface area contributed by atoms with E-state index in [0.29, 0.717) is 5.69 Å². The van der Waals surface area contributed by atoms with Gasteiger partial charge in [0.2, 0.25) is 11.8 Å². The van der Waals surface area contributed by atoms with E-state index in [4.69, 9.17) is 11.6 Å². The van der Waals surface area contributed by atoms with Gasteiger partial charge in [-0.05, 0) is 24.3 Å². The molecule has 0 atom stereocenters. The van der Waals surface area contributed by atoms with E-state index in [-0.39, 0.29) is 28.9 Å². The molecule has 0 radical (unpaired) electrons. The fourth-order valence-electron chi connectivity index (χ4n) is 2.26. The number of anilines is 2. The van der Waals surface area contributed by atoms with Crippen LogP contribution in [-0.2, 0) is 9.59 Å². The number of rotatable bonds is 3. The molecule has 0 fully saturated rings. The number of carbonyl (C=O) groups excluding carboxylic acids is 2. The van der Waals surface area contributed by atoms with Gasteiger partial charge >= 0.3 is 0 Å². The number of carbonyl (C=O) groups is 2. The normalized spacial score (nSPS) is 13.7. The highest BCUT2D eigenvalue weighted by molar-refractivity contribution is 8.00. The van der Waals surface area contributed by atoms with E-state index < -0.39 is 11.7 Å². The number of amides is 2. The summed E-state index contributed by atoms with van der Waals surface area (Å²) < 4.78 is 13.8. The first-order chi connectivity index (χ1) is 11.1. The Morgan fingerprint density at radius 1 is 1.26 bits per heavy atom. The maximum absolute atomic E-state index is 13.8. The molecule has 118 valence electrons. The van der Waals surface area contributed by atoms with Gasteiger partial charge < -0.3 is 10.2 Å². The Balaban J connectivity index is 1.78. The zero-order valence-electron chi connectivity index (χ0n) is 11.9. The van der Waals surface area contributed by atoms with E-state index in [2.05, 4.69) is 5.32 Å². The predicted molar refractivity (Wildman–Crippen MR) is 89.6 cm³/mol. The van der Waals surface area contributed by atoms with Crippen LogP contribution >= 0.6 is 23.4 Å². The first-order valence-corrected chi connectivity index (χ1v) is 8.18. The fraction of sp³-hybridized carbons (Fsp3) is 0.125. The summed E-state index contributed by atoms with van der Waals surface area (Å²) >= 11 is 7.12. The van der Waals surface area contributed by atoms with Crippen molar-refractivity contribution in [3.8, 4) is 0 Å². The third-order valence-corrected chi connectivity index (χ3v) is 4.68. The molecule has 23 heavy (non-hydrogen) atoms. The lowest BCUT2D eigenvalue weighted by Crippen LogP contribution is -2.41. The van der Waals surface area contributed by atoms with Crippen molar-refractivity contribution in [2.24, 2.45) is 0 Å². The van der Waals surface area contributed by atoms with Gasteiger partial charge in [-0.2, -0.15) is 0 Å². The number of para-hydroxylation sites is 1. The predicted octanol–water partition coefficient (Wildman–Crippen LogP) is 3.56. The Kier molecular flexibility index (Phi) is 4.54. The van der Waals surface area contributed by atoms with Gasteiger partial charge in [0.1, 0.15) is 6.54 Å². The standard InChI is InChI=1S/C16H12ClFN2O2S/c17-10-4-3-5-11(16(10)18)19-14(21)8-20-12-6-1-2-7-13(12)23-9-15(20)22/h1-7H,8-9H2,(H,19,21). The molecule has 3 rings (SSSR count). The summed E-state index contributed by atoms with van der Waals surface area (Å²) in [5, 5.41) is 2.38. The summed E-state index contributed by atoms with van der Waals surface area (Å²) in [5.74, 6) is -1.06. The number of benzene rings is 2. The Labute approximate surface area is 141 Å². The monoisotopic (exact) mass is 350 g/mol. The number of hydrogen-bond donors (Lipinski definition) is 1. The third-order valence-electron chi connectivity index (χ3n) is 3.34. The number of halogens is 2. The van der Waals surface area contributed by atoms with Crippen LogP contribution in [0.2, 0.25) is 5.02 Å². The van der Waals surface area contributed by atoms with Gasteiger partial charge in [0.05, 0.1) is 22.2 Å². The molecule has 0 saturated carbocycles. The molecule has 0 saturated heterocycles. The van der Waals surface area contributed by atoms with Crippen LogP contribution in [0.5, 0.6) is 0 Å². The van der Waals surface area contributed by atoms with Crippen molar-refractivity contribution in [2.45, 2.75) is 4.90 Å². The van der Waals surface area contributed by atoms with Crippen molar-refractivity contribution in [3.63, 3.8) is 0 Å². The maximum Gasteiger partial charge on any atom is 0.244 e. The summed E-state index contributed by atoms with van der Waals surface area (Å²) in [5.41, 5.74) is 0.685. The molecule has 7 heteroatoms. The Bertz CT molecular complexity index is 784. The van der Waals surface area contributed by atoms with Crippen LogP contribution in [-0.4, -0.2) is 24.1 Å². The summed E-state index contributed by atoms with van der Waals surface area (Å²) in [6, 6.07) is 11.7. The molecule has 0 spiro atoms. The lowest BCUT2D eigenvalue weighted by Gasteiger charge is -2.28. The lowest BCUT2D eigenvalue weighted by molar-refractivity contribution is -0.120. The maximum atomic E-state index is 13.8. The van der Waals surface area contributed by atoms with Crippen molar-refractivity contribution < 1.29 is 14.0 Å². The van der Waals surface area contributed by atoms with Crippen LogP contribution in [0.4, 0.5) is 15.8 Å². The van der Waals surface area contributed by atoms with Gasteiger partial charge in [0.15, 0.2) is 5.82 Å². The smallest absolute Gasteiger partial charge is 0.244 e. The van der Waals surface area contributed by atoms with E-state index in [0.717, 1.165) is 4.90 Å². The zero-order chi connectivity index (χ0) is 16.4. The summed E-state index contributed by atoms with van der Waals surface area (Å²) in [4.78, 5) is 26.6. The Hall–Kier alpha value is -2.05. The van der Waals surface area contributed by atoms with Gasteiger partial charge in [-0.3, -0.25) is 9.59 Å². The molecule has 4 nitrogen and oxygen atoms in total. The number of hydrogen-bond acceptors (Lipinski definition) is 3. The average molecular weight is 351 g/mol. The van der Waals surface area contributed by atoms with Crippen LogP contribution in [0.1, 0.15) is 0 Å². The SMILES string of the molecule is O=C(CN1C(=O)CSc2ccccc21)Nc1cccc(Cl)c1F. The molecular formula is C16H12ClFN2O2S. The van der Waals surface area contributed by atoms with Crippen LogP contribution < -0.4 is 10.2 Å². The molecule has 0 bridgehead atoms. The molecule has 1 aliphatic heterocycles. The highest BCUT2D eigenvalue weighted by atomic mass is 35.5. The second kappa shape index (κ2) is 6.60. The second-order valence-electron chi connectivity index (χ2n) is 4.89. The van der Waals surface area contributed by atoms with Crippen LogP contribution in [0.15, 0.2) is 47.4 Å². The zero-order valence-corrected chi connectivity index (χ0v) is 13.5. The van der Waals surface area contributed by atoms with Crippen molar-refractivity contribution in [1.29, 1.82) is 0 Å². The minimum atomic E-state index is -0.691. The summed E-state index contributed by atoms with van der Waals surface area (Å²) in [6.45, 7) is -0.178. The molecule has 1 heterocycles. The molecule has 2 aromatic rings. The second-order valence-corrected chi connectivity index (χ2v) is 6.31. The minimum absolute atomic E-state index is 0.00498.